The molecule has 0 aliphatic rings. The maximum atomic E-state index is 14.7. The highest BCUT2D eigenvalue weighted by Gasteiger charge is 2.44. The summed E-state index contributed by atoms with van der Waals surface area (Å²) in [5, 5.41) is 0. The van der Waals surface area contributed by atoms with Gasteiger partial charge in [0.25, 0.3) is 0 Å². The molecule has 0 spiro atoms. The Morgan fingerprint density at radius 2 is 0.677 bits per heavy atom. The minimum atomic E-state index is -5.79. The predicted molar refractivity (Wildman–Crippen MR) is 95.4 cm³/mol. The number of rotatable bonds is 2. The number of hydrogen-bond acceptors (Lipinski definition) is 2. The van der Waals surface area contributed by atoms with Gasteiger partial charge in [0.15, 0.2) is 46.5 Å². The fourth-order valence-corrected chi connectivity index (χ4v) is 5.35. The first-order valence-electron chi connectivity index (χ1n) is 8.75. The van der Waals surface area contributed by atoms with Crippen molar-refractivity contribution < 1.29 is 43.5 Å². The second-order valence-electron chi connectivity index (χ2n) is 8.92. The van der Waals surface area contributed by atoms with Crippen LogP contribution in [-0.4, -0.2) is 8.42 Å². The molecule has 2 nitrogen and oxygen atoms in total. The van der Waals surface area contributed by atoms with E-state index in [1.807, 2.05) is 0 Å². The molecule has 172 valence electrons. The second kappa shape index (κ2) is 7.46. The molecule has 0 aliphatic carbocycles. The van der Waals surface area contributed by atoms with E-state index in [4.69, 9.17) is 0 Å². The number of benzene rings is 2. The number of sulfone groups is 1. The Morgan fingerprint density at radius 1 is 0.452 bits per heavy atom. The zero-order valence-electron chi connectivity index (χ0n) is 17.2. The van der Waals surface area contributed by atoms with Crippen molar-refractivity contribution in [1.29, 1.82) is 0 Å². The first-order chi connectivity index (χ1) is 13.8. The topological polar surface area (TPSA) is 34.1 Å². The van der Waals surface area contributed by atoms with Gasteiger partial charge in [0, 0.05) is 11.1 Å². The highest BCUT2D eigenvalue weighted by Crippen LogP contribution is 2.43. The smallest absolute Gasteiger partial charge is 0.213 e. The minimum absolute atomic E-state index is 1.12. The van der Waals surface area contributed by atoms with Gasteiger partial charge in [-0.05, 0) is 10.8 Å². The van der Waals surface area contributed by atoms with Crippen LogP contribution in [0.3, 0.4) is 0 Å². The van der Waals surface area contributed by atoms with E-state index in [0.717, 1.165) is 41.5 Å². The van der Waals surface area contributed by atoms with E-state index in [0.29, 0.717) is 0 Å². The Labute approximate surface area is 173 Å². The summed E-state index contributed by atoms with van der Waals surface area (Å²) in [5.74, 6) is -18.7. The third kappa shape index (κ3) is 3.81. The molecular weight excluding hydrogens is 456 g/mol. The summed E-state index contributed by atoms with van der Waals surface area (Å²) in [6, 6.07) is 0. The van der Waals surface area contributed by atoms with Gasteiger partial charge in [0.2, 0.25) is 9.84 Å². The van der Waals surface area contributed by atoms with E-state index in [-0.39, 0.29) is 0 Å². The van der Waals surface area contributed by atoms with Crippen LogP contribution in [0, 0.1) is 46.5 Å². The van der Waals surface area contributed by atoms with Gasteiger partial charge >= 0.3 is 0 Å². The monoisotopic (exact) mass is 474 g/mol. The molecule has 11 heteroatoms. The van der Waals surface area contributed by atoms with Crippen LogP contribution in [0.1, 0.15) is 52.7 Å². The van der Waals surface area contributed by atoms with Crippen LogP contribution >= 0.6 is 0 Å². The van der Waals surface area contributed by atoms with E-state index < -0.39 is 88.1 Å². The lowest BCUT2D eigenvalue weighted by molar-refractivity contribution is 0.367. The molecule has 0 aliphatic heterocycles. The van der Waals surface area contributed by atoms with Crippen LogP contribution in [0.5, 0.6) is 0 Å². The fourth-order valence-electron chi connectivity index (χ4n) is 3.17. The molecule has 0 saturated heterocycles. The van der Waals surface area contributed by atoms with Crippen molar-refractivity contribution in [2.24, 2.45) is 0 Å². The Balaban J connectivity index is 3.25. The van der Waals surface area contributed by atoms with Crippen LogP contribution in [0.2, 0.25) is 0 Å². The van der Waals surface area contributed by atoms with E-state index in [2.05, 4.69) is 0 Å². The molecule has 0 atom stereocenters. The van der Waals surface area contributed by atoms with Crippen LogP contribution < -0.4 is 0 Å². The standard InChI is InChI=1S/C20H18F8O2S/c1-19(2,3)7-9(21)11(23)13(25)15(27)17(7)31(29,30)18-8(20(4,5)6)10(22)12(24)14(26)16(18)28/h1-6H3. The summed E-state index contributed by atoms with van der Waals surface area (Å²) in [6.45, 7) is 6.71. The first kappa shape index (κ1) is 25.1. The Kier molecular flexibility index (Phi) is 6.04. The Morgan fingerprint density at radius 3 is 0.903 bits per heavy atom. The first-order valence-corrected chi connectivity index (χ1v) is 10.2. The Hall–Kier alpha value is -2.17. The minimum Gasteiger partial charge on any atom is -0.218 e. The molecule has 0 bridgehead atoms. The number of hydrogen-bond donors (Lipinski definition) is 0. The SMILES string of the molecule is CC(C)(C)c1c(F)c(F)c(F)c(F)c1S(=O)(=O)c1c(F)c(F)c(F)c(F)c1C(C)(C)C. The molecule has 0 radical (unpaired) electrons. The van der Waals surface area contributed by atoms with Gasteiger partial charge < -0.3 is 0 Å². The lowest BCUT2D eigenvalue weighted by Gasteiger charge is -2.27. The van der Waals surface area contributed by atoms with Crippen molar-refractivity contribution in [3.8, 4) is 0 Å². The molecular formula is C20H18F8O2S. The van der Waals surface area contributed by atoms with Crippen molar-refractivity contribution in [3.05, 3.63) is 57.7 Å². The largest absolute Gasteiger partial charge is 0.218 e. The average Bonchev–Trinajstić information content (AvgIpc) is 2.61. The highest BCUT2D eigenvalue weighted by atomic mass is 32.2. The summed E-state index contributed by atoms with van der Waals surface area (Å²) >= 11 is 0. The summed E-state index contributed by atoms with van der Waals surface area (Å²) < 4.78 is 141. The molecule has 31 heavy (non-hydrogen) atoms. The van der Waals surface area contributed by atoms with Crippen LogP contribution in [0.15, 0.2) is 9.79 Å². The molecule has 0 aromatic heterocycles. The highest BCUT2D eigenvalue weighted by molar-refractivity contribution is 7.91. The van der Waals surface area contributed by atoms with E-state index in [1.54, 1.807) is 0 Å². The molecule has 0 saturated carbocycles. The summed E-state index contributed by atoms with van der Waals surface area (Å²) in [5.41, 5.74) is -5.82. The van der Waals surface area contributed by atoms with Gasteiger partial charge in [-0.15, -0.1) is 0 Å². The van der Waals surface area contributed by atoms with E-state index >= 15 is 0 Å². The maximum absolute atomic E-state index is 14.7. The predicted octanol–water partition coefficient (Wildman–Crippen LogP) is 6.23. The van der Waals surface area contributed by atoms with Crippen molar-refractivity contribution in [3.63, 3.8) is 0 Å². The third-order valence-corrected chi connectivity index (χ3v) is 6.33. The summed E-state index contributed by atoms with van der Waals surface area (Å²) in [7, 11) is -5.79. The fraction of sp³-hybridized carbons (Fsp3) is 0.400. The average molecular weight is 474 g/mol. The molecule has 0 unspecified atom stereocenters. The molecule has 2 aromatic rings. The number of halogens is 8. The van der Waals surface area contributed by atoms with Crippen molar-refractivity contribution >= 4 is 9.84 Å². The third-order valence-electron chi connectivity index (χ3n) is 4.49. The van der Waals surface area contributed by atoms with Gasteiger partial charge in [-0.2, -0.15) is 0 Å². The van der Waals surface area contributed by atoms with Gasteiger partial charge in [-0.3, -0.25) is 0 Å². The Bertz CT molecular complexity index is 1100. The quantitative estimate of drug-likeness (QED) is 0.224. The molecule has 0 fully saturated rings. The van der Waals surface area contributed by atoms with Crippen molar-refractivity contribution in [2.75, 3.05) is 0 Å². The lowest BCUT2D eigenvalue weighted by Crippen LogP contribution is -2.27. The second-order valence-corrected chi connectivity index (χ2v) is 10.7. The normalized spacial score (nSPS) is 13.1. The maximum Gasteiger partial charge on any atom is 0.213 e. The van der Waals surface area contributed by atoms with Gasteiger partial charge in [0.1, 0.15) is 9.79 Å². The van der Waals surface area contributed by atoms with Gasteiger partial charge in [-0.1, -0.05) is 41.5 Å². The van der Waals surface area contributed by atoms with Gasteiger partial charge in [-0.25, -0.2) is 43.5 Å². The summed E-state index contributed by atoms with van der Waals surface area (Å²) in [4.78, 5) is -3.68. The zero-order chi connectivity index (χ0) is 24.4. The van der Waals surface area contributed by atoms with Crippen molar-refractivity contribution in [2.45, 2.75) is 62.2 Å². The molecule has 0 heterocycles. The van der Waals surface area contributed by atoms with E-state index in [1.165, 1.54) is 0 Å². The zero-order valence-corrected chi connectivity index (χ0v) is 18.1. The molecule has 2 aromatic carbocycles. The summed E-state index contributed by atoms with van der Waals surface area (Å²) in [6.07, 6.45) is 0. The van der Waals surface area contributed by atoms with Gasteiger partial charge in [0.05, 0.1) is 0 Å². The van der Waals surface area contributed by atoms with E-state index in [9.17, 15) is 43.5 Å². The van der Waals surface area contributed by atoms with Crippen LogP contribution in [0.25, 0.3) is 0 Å². The lowest BCUT2D eigenvalue weighted by atomic mass is 9.86. The molecule has 0 amide bonds. The molecule has 2 rings (SSSR count). The van der Waals surface area contributed by atoms with Crippen LogP contribution in [0.4, 0.5) is 35.1 Å². The molecule has 0 N–H and O–H groups in total. The van der Waals surface area contributed by atoms with Crippen LogP contribution in [-0.2, 0) is 20.7 Å². The van der Waals surface area contributed by atoms with Crippen molar-refractivity contribution in [1.82, 2.24) is 0 Å².